The lowest BCUT2D eigenvalue weighted by molar-refractivity contribution is 0.796. The molecule has 0 spiro atoms. The van der Waals surface area contributed by atoms with Crippen LogP contribution in [0, 0.1) is 0 Å². The molecule has 0 aliphatic heterocycles. The van der Waals surface area contributed by atoms with Gasteiger partial charge in [-0.3, -0.25) is 4.98 Å². The van der Waals surface area contributed by atoms with Gasteiger partial charge in [-0.1, -0.05) is 15.9 Å². The first-order chi connectivity index (χ1) is 9.19. The SMILES string of the molecule is CCn1c(-c2cncc(N)c2)nc2cc(Br)ccc21. The van der Waals surface area contributed by atoms with Crippen LogP contribution < -0.4 is 5.73 Å². The van der Waals surface area contributed by atoms with Crippen LogP contribution in [-0.4, -0.2) is 14.5 Å². The molecule has 0 aliphatic rings. The van der Waals surface area contributed by atoms with Crippen molar-refractivity contribution in [2.75, 3.05) is 5.73 Å². The number of halogens is 1. The summed E-state index contributed by atoms with van der Waals surface area (Å²) in [5.74, 6) is 0.899. The summed E-state index contributed by atoms with van der Waals surface area (Å²) < 4.78 is 3.19. The van der Waals surface area contributed by atoms with Crippen LogP contribution in [0.2, 0.25) is 0 Å². The highest BCUT2D eigenvalue weighted by atomic mass is 79.9. The molecule has 2 N–H and O–H groups in total. The van der Waals surface area contributed by atoms with Crippen LogP contribution in [0.1, 0.15) is 6.92 Å². The quantitative estimate of drug-likeness (QED) is 0.787. The molecule has 0 fully saturated rings. The third kappa shape index (κ3) is 2.10. The molecule has 3 rings (SSSR count). The molecule has 0 saturated carbocycles. The highest BCUT2D eigenvalue weighted by molar-refractivity contribution is 9.10. The van der Waals surface area contributed by atoms with Gasteiger partial charge in [-0.05, 0) is 31.2 Å². The number of hydrogen-bond donors (Lipinski definition) is 1. The predicted molar refractivity (Wildman–Crippen MR) is 80.8 cm³/mol. The van der Waals surface area contributed by atoms with E-state index in [0.29, 0.717) is 5.69 Å². The maximum Gasteiger partial charge on any atom is 0.142 e. The summed E-state index contributed by atoms with van der Waals surface area (Å²) in [7, 11) is 0. The van der Waals surface area contributed by atoms with Crippen LogP contribution in [0.4, 0.5) is 5.69 Å². The molecule has 2 heterocycles. The third-order valence-corrected chi connectivity index (χ3v) is 3.54. The van der Waals surface area contributed by atoms with Crippen LogP contribution in [0.3, 0.4) is 0 Å². The maximum absolute atomic E-state index is 5.80. The summed E-state index contributed by atoms with van der Waals surface area (Å²) in [6.07, 6.45) is 3.43. The number of rotatable bonds is 2. The number of hydrogen-bond acceptors (Lipinski definition) is 3. The first-order valence-electron chi connectivity index (χ1n) is 6.05. The van der Waals surface area contributed by atoms with Crippen LogP contribution in [0.25, 0.3) is 22.4 Å². The predicted octanol–water partition coefficient (Wildman–Crippen LogP) is 3.46. The number of fused-ring (bicyclic) bond motifs is 1. The summed E-state index contributed by atoms with van der Waals surface area (Å²) in [6, 6.07) is 8.01. The van der Waals surface area contributed by atoms with Crippen molar-refractivity contribution in [3.8, 4) is 11.4 Å². The fourth-order valence-corrected chi connectivity index (χ4v) is 2.57. The Morgan fingerprint density at radius 2 is 2.11 bits per heavy atom. The number of aryl methyl sites for hydroxylation is 1. The average Bonchev–Trinajstić information content (AvgIpc) is 2.76. The number of imidazole rings is 1. The van der Waals surface area contributed by atoms with E-state index in [0.717, 1.165) is 33.4 Å². The van der Waals surface area contributed by atoms with Crippen molar-refractivity contribution in [1.82, 2.24) is 14.5 Å². The highest BCUT2D eigenvalue weighted by Gasteiger charge is 2.12. The number of anilines is 1. The lowest BCUT2D eigenvalue weighted by Crippen LogP contribution is -1.98. The fraction of sp³-hybridized carbons (Fsp3) is 0.143. The zero-order chi connectivity index (χ0) is 13.4. The number of nitrogen functional groups attached to an aromatic ring is 1. The Morgan fingerprint density at radius 3 is 2.84 bits per heavy atom. The Bertz CT molecular complexity index is 748. The van der Waals surface area contributed by atoms with Crippen molar-refractivity contribution in [1.29, 1.82) is 0 Å². The molecule has 1 aromatic carbocycles. The summed E-state index contributed by atoms with van der Waals surface area (Å²) in [5, 5.41) is 0. The second-order valence-electron chi connectivity index (χ2n) is 4.32. The van der Waals surface area contributed by atoms with Gasteiger partial charge in [-0.15, -0.1) is 0 Å². The Balaban J connectivity index is 2.28. The Labute approximate surface area is 119 Å². The van der Waals surface area contributed by atoms with Crippen molar-refractivity contribution in [3.05, 3.63) is 41.1 Å². The van der Waals surface area contributed by atoms with Gasteiger partial charge in [0.2, 0.25) is 0 Å². The average molecular weight is 317 g/mol. The molecule has 19 heavy (non-hydrogen) atoms. The van der Waals surface area contributed by atoms with Gasteiger partial charge in [-0.2, -0.15) is 0 Å². The van der Waals surface area contributed by atoms with Crippen LogP contribution in [0.5, 0.6) is 0 Å². The molecule has 0 amide bonds. The summed E-state index contributed by atoms with van der Waals surface area (Å²) >= 11 is 3.47. The minimum absolute atomic E-state index is 0.647. The van der Waals surface area contributed by atoms with E-state index in [-0.39, 0.29) is 0 Å². The van der Waals surface area contributed by atoms with Gasteiger partial charge in [0.1, 0.15) is 5.82 Å². The molecule has 3 aromatic rings. The van der Waals surface area contributed by atoms with Crippen molar-refractivity contribution >= 4 is 32.7 Å². The second kappa shape index (κ2) is 4.66. The van der Waals surface area contributed by atoms with E-state index in [1.54, 1.807) is 12.4 Å². The monoisotopic (exact) mass is 316 g/mol. The van der Waals surface area contributed by atoms with E-state index in [2.05, 4.69) is 38.5 Å². The Morgan fingerprint density at radius 1 is 1.26 bits per heavy atom. The molecule has 5 heteroatoms. The van der Waals surface area contributed by atoms with Gasteiger partial charge in [-0.25, -0.2) is 4.98 Å². The van der Waals surface area contributed by atoms with Gasteiger partial charge < -0.3 is 10.3 Å². The minimum atomic E-state index is 0.647. The number of nitrogens with zero attached hydrogens (tertiary/aromatic N) is 3. The van der Waals surface area contributed by atoms with Crippen LogP contribution >= 0.6 is 15.9 Å². The molecule has 4 nitrogen and oxygen atoms in total. The van der Waals surface area contributed by atoms with Crippen LogP contribution in [0.15, 0.2) is 41.1 Å². The van der Waals surface area contributed by atoms with Crippen molar-refractivity contribution in [2.24, 2.45) is 0 Å². The molecule has 0 bridgehead atoms. The van der Waals surface area contributed by atoms with Gasteiger partial charge in [0.25, 0.3) is 0 Å². The molecule has 2 aromatic heterocycles. The highest BCUT2D eigenvalue weighted by Crippen LogP contribution is 2.27. The molecule has 0 radical (unpaired) electrons. The van der Waals surface area contributed by atoms with E-state index < -0.39 is 0 Å². The van der Waals surface area contributed by atoms with E-state index >= 15 is 0 Å². The van der Waals surface area contributed by atoms with Gasteiger partial charge in [0.05, 0.1) is 16.7 Å². The maximum atomic E-state index is 5.80. The summed E-state index contributed by atoms with van der Waals surface area (Å²) in [5.41, 5.74) is 9.46. The number of pyridine rings is 1. The Kier molecular flexibility index (Phi) is 2.98. The largest absolute Gasteiger partial charge is 0.397 e. The second-order valence-corrected chi connectivity index (χ2v) is 5.24. The smallest absolute Gasteiger partial charge is 0.142 e. The molecule has 0 unspecified atom stereocenters. The zero-order valence-corrected chi connectivity index (χ0v) is 12.1. The molecular weight excluding hydrogens is 304 g/mol. The molecule has 0 saturated heterocycles. The number of nitrogens with two attached hydrogens (primary N) is 1. The minimum Gasteiger partial charge on any atom is -0.397 e. The number of benzene rings is 1. The number of aromatic nitrogens is 3. The topological polar surface area (TPSA) is 56.7 Å². The normalized spacial score (nSPS) is 11.1. The molecular formula is C14H13BrN4. The first-order valence-corrected chi connectivity index (χ1v) is 6.85. The van der Waals surface area contributed by atoms with E-state index in [1.165, 1.54) is 0 Å². The molecule has 0 atom stereocenters. The first kappa shape index (κ1) is 12.2. The molecule has 96 valence electrons. The van der Waals surface area contributed by atoms with Gasteiger partial charge in [0.15, 0.2) is 0 Å². The lowest BCUT2D eigenvalue weighted by Gasteiger charge is -2.06. The van der Waals surface area contributed by atoms with Crippen molar-refractivity contribution in [2.45, 2.75) is 13.5 Å². The Hall–Kier alpha value is -1.88. The summed E-state index contributed by atoms with van der Waals surface area (Å²) in [6.45, 7) is 2.95. The van der Waals surface area contributed by atoms with E-state index in [9.17, 15) is 0 Å². The van der Waals surface area contributed by atoms with E-state index in [1.807, 2.05) is 18.2 Å². The fourth-order valence-electron chi connectivity index (χ4n) is 2.22. The zero-order valence-electron chi connectivity index (χ0n) is 10.5. The van der Waals surface area contributed by atoms with Crippen LogP contribution in [-0.2, 0) is 6.54 Å². The van der Waals surface area contributed by atoms with Crippen molar-refractivity contribution < 1.29 is 0 Å². The lowest BCUT2D eigenvalue weighted by atomic mass is 10.2. The third-order valence-electron chi connectivity index (χ3n) is 3.04. The van der Waals surface area contributed by atoms with Gasteiger partial charge >= 0.3 is 0 Å². The van der Waals surface area contributed by atoms with Gasteiger partial charge in [0, 0.05) is 29.0 Å². The standard InChI is InChI=1S/C14H13BrN4/c1-2-19-13-4-3-10(15)6-12(13)18-14(19)9-5-11(16)8-17-7-9/h3-8H,2,16H2,1H3. The van der Waals surface area contributed by atoms with E-state index in [4.69, 9.17) is 10.7 Å². The summed E-state index contributed by atoms with van der Waals surface area (Å²) in [4.78, 5) is 8.83. The molecule has 0 aliphatic carbocycles. The van der Waals surface area contributed by atoms with Crippen molar-refractivity contribution in [3.63, 3.8) is 0 Å².